The van der Waals surface area contributed by atoms with Crippen molar-refractivity contribution in [2.24, 2.45) is 16.8 Å². The lowest BCUT2D eigenvalue weighted by atomic mass is 9.80. The van der Waals surface area contributed by atoms with Gasteiger partial charge in [0.2, 0.25) is 0 Å². The summed E-state index contributed by atoms with van der Waals surface area (Å²) in [5.41, 5.74) is 7.41. The predicted octanol–water partition coefficient (Wildman–Crippen LogP) is 2.49. The van der Waals surface area contributed by atoms with Gasteiger partial charge < -0.3 is 25.3 Å². The quantitative estimate of drug-likeness (QED) is 0.553. The standard InChI is InChI=1S/C26H32FN5O5/c1-14(33)26(35)32(13-16-4-9-19(27)24(10-16)36-3)18-7-5-17(6-8-18)23-12-21(31-37-23)20-11-22(25(28)34)30-15(2)29-20/h4,9-11,14,17-18,23,33H,5-8,12-13H2,1-3H3,(H2,28,34)/t14-,17?,18?,23?/m0/s1. The summed E-state index contributed by atoms with van der Waals surface area (Å²) in [5.74, 6) is -0.691. The summed E-state index contributed by atoms with van der Waals surface area (Å²) in [5, 5.41) is 14.3. The summed E-state index contributed by atoms with van der Waals surface area (Å²) < 4.78 is 18.9. The van der Waals surface area contributed by atoms with Gasteiger partial charge in [-0.1, -0.05) is 11.2 Å². The van der Waals surface area contributed by atoms with Crippen LogP contribution in [0.15, 0.2) is 29.4 Å². The third-order valence-corrected chi connectivity index (χ3v) is 7.00. The minimum Gasteiger partial charge on any atom is -0.494 e. The number of ether oxygens (including phenoxy) is 1. The number of aromatic nitrogens is 2. The number of carbonyl (C=O) groups is 2. The van der Waals surface area contributed by atoms with E-state index in [2.05, 4.69) is 15.1 Å². The SMILES string of the molecule is COc1cc(CN(C(=O)[C@H](C)O)C2CCC(C3CC(c4cc(C(N)=O)nc(C)n4)=NO3)CC2)ccc1F. The van der Waals surface area contributed by atoms with E-state index in [1.54, 1.807) is 24.0 Å². The first-order chi connectivity index (χ1) is 17.7. The van der Waals surface area contributed by atoms with Crippen LogP contribution in [-0.4, -0.2) is 62.9 Å². The highest BCUT2D eigenvalue weighted by atomic mass is 19.1. The normalized spacial score (nSPS) is 22.1. The summed E-state index contributed by atoms with van der Waals surface area (Å²) in [4.78, 5) is 40.3. The van der Waals surface area contributed by atoms with Gasteiger partial charge in [-0.25, -0.2) is 14.4 Å². The first-order valence-electron chi connectivity index (χ1n) is 12.4. The molecule has 0 bridgehead atoms. The average molecular weight is 514 g/mol. The minimum absolute atomic E-state index is 0.0705. The summed E-state index contributed by atoms with van der Waals surface area (Å²) in [6, 6.07) is 5.97. The van der Waals surface area contributed by atoms with Crippen LogP contribution in [0.25, 0.3) is 0 Å². The number of aryl methyl sites for hydroxylation is 1. The highest BCUT2D eigenvalue weighted by Crippen LogP contribution is 2.35. The number of nitrogens with two attached hydrogens (primary N) is 1. The molecule has 2 aliphatic rings. The topological polar surface area (TPSA) is 140 Å². The van der Waals surface area contributed by atoms with Crippen LogP contribution in [0.1, 0.15) is 66.6 Å². The zero-order chi connectivity index (χ0) is 26.7. The van der Waals surface area contributed by atoms with Gasteiger partial charge in [-0.3, -0.25) is 9.59 Å². The number of carbonyl (C=O) groups excluding carboxylic acids is 2. The van der Waals surface area contributed by atoms with Crippen molar-refractivity contribution in [1.82, 2.24) is 14.9 Å². The average Bonchev–Trinajstić information content (AvgIpc) is 3.38. The summed E-state index contributed by atoms with van der Waals surface area (Å²) >= 11 is 0. The first kappa shape index (κ1) is 26.5. The van der Waals surface area contributed by atoms with Gasteiger partial charge in [0.15, 0.2) is 11.6 Å². The van der Waals surface area contributed by atoms with Crippen molar-refractivity contribution in [3.8, 4) is 5.75 Å². The molecular formula is C26H32FN5O5. The Hall–Kier alpha value is -3.60. The molecule has 3 N–H and O–H groups in total. The first-order valence-corrected chi connectivity index (χ1v) is 12.4. The molecule has 2 amide bonds. The number of hydrogen-bond acceptors (Lipinski definition) is 8. The Bertz CT molecular complexity index is 1200. The molecule has 2 atom stereocenters. The summed E-state index contributed by atoms with van der Waals surface area (Å²) in [6.45, 7) is 3.39. The van der Waals surface area contributed by atoms with Gasteiger partial charge in [-0.2, -0.15) is 0 Å². The second-order valence-corrected chi connectivity index (χ2v) is 9.62. The zero-order valence-electron chi connectivity index (χ0n) is 21.2. The van der Waals surface area contributed by atoms with Crippen LogP contribution in [0.3, 0.4) is 0 Å². The predicted molar refractivity (Wildman–Crippen MR) is 132 cm³/mol. The van der Waals surface area contributed by atoms with Crippen molar-refractivity contribution in [1.29, 1.82) is 0 Å². The zero-order valence-corrected chi connectivity index (χ0v) is 21.2. The number of benzene rings is 1. The Morgan fingerprint density at radius 3 is 2.62 bits per heavy atom. The molecule has 10 nitrogen and oxygen atoms in total. The van der Waals surface area contributed by atoms with Crippen LogP contribution in [0.2, 0.25) is 0 Å². The fraction of sp³-hybridized carbons (Fsp3) is 0.500. The molecule has 4 rings (SSSR count). The Kier molecular flexibility index (Phi) is 8.01. The molecule has 0 saturated heterocycles. The molecule has 198 valence electrons. The van der Waals surface area contributed by atoms with Crippen LogP contribution in [0.5, 0.6) is 5.75 Å². The second kappa shape index (κ2) is 11.2. The molecule has 11 heteroatoms. The molecule has 1 aliphatic carbocycles. The van der Waals surface area contributed by atoms with Gasteiger partial charge in [0.25, 0.3) is 11.8 Å². The maximum atomic E-state index is 13.9. The van der Waals surface area contributed by atoms with E-state index >= 15 is 0 Å². The number of aliphatic hydroxyl groups is 1. The lowest BCUT2D eigenvalue weighted by Gasteiger charge is -2.38. The maximum Gasteiger partial charge on any atom is 0.267 e. The molecule has 2 heterocycles. The van der Waals surface area contributed by atoms with E-state index in [1.165, 1.54) is 26.2 Å². The highest BCUT2D eigenvalue weighted by molar-refractivity contribution is 6.01. The molecule has 37 heavy (non-hydrogen) atoms. The van der Waals surface area contributed by atoms with E-state index in [-0.39, 0.29) is 42.0 Å². The third kappa shape index (κ3) is 6.04. The number of halogens is 1. The lowest BCUT2D eigenvalue weighted by molar-refractivity contribution is -0.143. The summed E-state index contributed by atoms with van der Waals surface area (Å²) in [6.07, 6.45) is 2.36. The molecule has 1 aromatic carbocycles. The van der Waals surface area contributed by atoms with Crippen molar-refractivity contribution in [3.63, 3.8) is 0 Å². The lowest BCUT2D eigenvalue weighted by Crippen LogP contribution is -2.46. The van der Waals surface area contributed by atoms with Gasteiger partial charge >= 0.3 is 0 Å². The van der Waals surface area contributed by atoms with E-state index in [0.29, 0.717) is 23.7 Å². The molecule has 1 aliphatic heterocycles. The Morgan fingerprint density at radius 1 is 1.24 bits per heavy atom. The smallest absolute Gasteiger partial charge is 0.267 e. The van der Waals surface area contributed by atoms with E-state index in [4.69, 9.17) is 15.3 Å². The van der Waals surface area contributed by atoms with Crippen LogP contribution >= 0.6 is 0 Å². The number of aliphatic hydroxyl groups excluding tert-OH is 1. The fourth-order valence-corrected chi connectivity index (χ4v) is 5.05. The molecule has 0 radical (unpaired) electrons. The van der Waals surface area contributed by atoms with Crippen molar-refractivity contribution >= 4 is 17.5 Å². The van der Waals surface area contributed by atoms with Gasteiger partial charge in [0, 0.05) is 19.0 Å². The molecular weight excluding hydrogens is 481 g/mol. The number of rotatable bonds is 8. The molecule has 1 unspecified atom stereocenters. The maximum absolute atomic E-state index is 13.9. The number of amides is 2. The third-order valence-electron chi connectivity index (χ3n) is 7.00. The Balaban J connectivity index is 1.40. The molecule has 2 aromatic rings. The number of methoxy groups -OCH3 is 1. The van der Waals surface area contributed by atoms with E-state index in [1.807, 2.05) is 0 Å². The van der Waals surface area contributed by atoms with Crippen molar-refractivity contribution < 1.29 is 28.7 Å². The Morgan fingerprint density at radius 2 is 1.97 bits per heavy atom. The van der Waals surface area contributed by atoms with Crippen LogP contribution in [0, 0.1) is 18.7 Å². The van der Waals surface area contributed by atoms with Crippen molar-refractivity contribution in [3.05, 3.63) is 52.9 Å². The number of oxime groups is 1. The second-order valence-electron chi connectivity index (χ2n) is 9.62. The van der Waals surface area contributed by atoms with Gasteiger partial charge in [0.1, 0.15) is 29.4 Å². The van der Waals surface area contributed by atoms with Gasteiger partial charge in [-0.15, -0.1) is 0 Å². The highest BCUT2D eigenvalue weighted by Gasteiger charge is 2.37. The monoisotopic (exact) mass is 513 g/mol. The number of primary amides is 1. The van der Waals surface area contributed by atoms with E-state index < -0.39 is 17.8 Å². The van der Waals surface area contributed by atoms with Crippen LogP contribution < -0.4 is 10.5 Å². The molecule has 1 aromatic heterocycles. The van der Waals surface area contributed by atoms with Gasteiger partial charge in [-0.05, 0) is 69.2 Å². The van der Waals surface area contributed by atoms with E-state index in [0.717, 1.165) is 31.2 Å². The minimum atomic E-state index is -1.14. The molecule has 1 fully saturated rings. The Labute approximate surface area is 214 Å². The van der Waals surface area contributed by atoms with Crippen LogP contribution in [0.4, 0.5) is 4.39 Å². The summed E-state index contributed by atoms with van der Waals surface area (Å²) in [7, 11) is 1.39. The molecule has 1 saturated carbocycles. The van der Waals surface area contributed by atoms with Crippen molar-refractivity contribution in [2.75, 3.05) is 7.11 Å². The van der Waals surface area contributed by atoms with E-state index in [9.17, 15) is 19.1 Å². The van der Waals surface area contributed by atoms with Crippen LogP contribution in [-0.2, 0) is 16.2 Å². The largest absolute Gasteiger partial charge is 0.494 e. The van der Waals surface area contributed by atoms with Crippen molar-refractivity contribution in [2.45, 2.75) is 70.7 Å². The fourth-order valence-electron chi connectivity index (χ4n) is 5.05. The number of hydrogen-bond donors (Lipinski definition) is 2. The number of nitrogens with zero attached hydrogens (tertiary/aromatic N) is 4. The molecule has 0 spiro atoms. The van der Waals surface area contributed by atoms with Gasteiger partial charge in [0.05, 0.1) is 12.8 Å².